The van der Waals surface area contributed by atoms with Gasteiger partial charge in [0, 0.05) is 26.1 Å². The smallest absolute Gasteiger partial charge is 0.345 e. The number of aliphatic hydroxyl groups is 3. The quantitative estimate of drug-likeness (QED) is 0.139. The third-order valence-electron chi connectivity index (χ3n) is 4.17. The van der Waals surface area contributed by atoms with Crippen LogP contribution in [0.5, 0.6) is 0 Å². The van der Waals surface area contributed by atoms with Gasteiger partial charge in [-0.2, -0.15) is 5.01 Å². The van der Waals surface area contributed by atoms with Crippen LogP contribution in [0.1, 0.15) is 20.3 Å². The van der Waals surface area contributed by atoms with Gasteiger partial charge in [-0.1, -0.05) is 13.8 Å². The number of alkyl halides is 1. The molecule has 4 atom stereocenters. The number of nitroso groups, excluding NO2 is 1. The minimum Gasteiger partial charge on any atom is -0.385 e. The molecule has 12 heteroatoms. The molecule has 164 valence electrons. The molecular weight excluding hydrogens is 398 g/mol. The zero-order valence-electron chi connectivity index (χ0n) is 16.4. The summed E-state index contributed by atoms with van der Waals surface area (Å²) in [5.41, 5.74) is -2.31. The first-order chi connectivity index (χ1) is 13.2. The van der Waals surface area contributed by atoms with Crippen molar-refractivity contribution in [2.75, 3.05) is 45.9 Å². The Labute approximate surface area is 169 Å². The van der Waals surface area contributed by atoms with Crippen molar-refractivity contribution in [2.45, 2.75) is 44.5 Å². The first kappa shape index (κ1) is 25.0. The monoisotopic (exact) mass is 427 g/mol. The largest absolute Gasteiger partial charge is 0.385 e. The van der Waals surface area contributed by atoms with Crippen molar-refractivity contribution < 1.29 is 34.3 Å². The molecular formula is C16H30ClN3O8. The van der Waals surface area contributed by atoms with Gasteiger partial charge in [0.1, 0.15) is 18.8 Å². The minimum absolute atomic E-state index is 0.0609. The number of hydrogen-bond donors (Lipinski definition) is 3. The predicted molar refractivity (Wildman–Crippen MR) is 99.3 cm³/mol. The molecule has 3 N–H and O–H groups in total. The van der Waals surface area contributed by atoms with Crippen LogP contribution in [0.4, 0.5) is 4.79 Å². The number of methoxy groups -OCH3 is 1. The highest BCUT2D eigenvalue weighted by atomic mass is 35.5. The molecule has 28 heavy (non-hydrogen) atoms. The Morgan fingerprint density at radius 2 is 2.07 bits per heavy atom. The first-order valence-corrected chi connectivity index (χ1v) is 9.55. The van der Waals surface area contributed by atoms with Crippen LogP contribution in [0, 0.1) is 10.8 Å². The fraction of sp³-hybridized carbons (Fsp3) is 0.938. The van der Waals surface area contributed by atoms with Crippen LogP contribution >= 0.6 is 11.6 Å². The number of carbonyl (C=O) groups is 1. The van der Waals surface area contributed by atoms with Crippen molar-refractivity contribution in [3.05, 3.63) is 4.91 Å². The molecule has 0 spiro atoms. The van der Waals surface area contributed by atoms with Crippen molar-refractivity contribution in [3.63, 3.8) is 0 Å². The Morgan fingerprint density at radius 1 is 1.39 bits per heavy atom. The maximum atomic E-state index is 12.7. The van der Waals surface area contributed by atoms with E-state index in [4.69, 9.17) is 25.8 Å². The normalized spacial score (nSPS) is 27.6. The lowest BCUT2D eigenvalue weighted by Crippen LogP contribution is -2.71. The average Bonchev–Trinajstić information content (AvgIpc) is 2.66. The van der Waals surface area contributed by atoms with Crippen molar-refractivity contribution >= 4 is 17.6 Å². The van der Waals surface area contributed by atoms with Gasteiger partial charge >= 0.3 is 6.03 Å². The lowest BCUT2D eigenvalue weighted by Gasteiger charge is -2.48. The molecule has 1 aliphatic heterocycles. The molecule has 1 heterocycles. The summed E-state index contributed by atoms with van der Waals surface area (Å²) < 4.78 is 15.7. The molecule has 2 amide bonds. The fourth-order valence-corrected chi connectivity index (χ4v) is 2.86. The van der Waals surface area contributed by atoms with Gasteiger partial charge in [-0.3, -0.25) is 4.90 Å². The SMILES string of the molecule is COCCCN(C(=O)N(CCCl)N=O)[C@@]1(O)CO[C@@H](OCC(C)C)[C@H](O)[C@H]1O. The van der Waals surface area contributed by atoms with Crippen molar-refractivity contribution in [3.8, 4) is 0 Å². The predicted octanol–water partition coefficient (Wildman–Crippen LogP) is 0.106. The summed E-state index contributed by atoms with van der Waals surface area (Å²) >= 11 is 5.58. The highest BCUT2D eigenvalue weighted by Crippen LogP contribution is 2.30. The van der Waals surface area contributed by atoms with Gasteiger partial charge in [0.05, 0.1) is 18.4 Å². The van der Waals surface area contributed by atoms with E-state index < -0.39 is 36.9 Å². The van der Waals surface area contributed by atoms with E-state index in [2.05, 4.69) is 5.29 Å². The van der Waals surface area contributed by atoms with Crippen molar-refractivity contribution in [1.29, 1.82) is 0 Å². The van der Waals surface area contributed by atoms with Crippen LogP contribution in [0.3, 0.4) is 0 Å². The van der Waals surface area contributed by atoms with E-state index in [9.17, 15) is 25.0 Å². The molecule has 0 aromatic heterocycles. The van der Waals surface area contributed by atoms with E-state index in [1.54, 1.807) is 0 Å². The maximum absolute atomic E-state index is 12.7. The summed E-state index contributed by atoms with van der Waals surface area (Å²) in [6, 6.07) is -0.981. The first-order valence-electron chi connectivity index (χ1n) is 9.01. The summed E-state index contributed by atoms with van der Waals surface area (Å²) in [4.78, 5) is 24.6. The highest BCUT2D eigenvalue weighted by molar-refractivity contribution is 6.18. The van der Waals surface area contributed by atoms with Crippen molar-refractivity contribution in [2.24, 2.45) is 11.2 Å². The minimum atomic E-state index is -2.31. The maximum Gasteiger partial charge on any atom is 0.345 e. The second-order valence-electron chi connectivity index (χ2n) is 6.89. The van der Waals surface area contributed by atoms with E-state index >= 15 is 0 Å². The highest BCUT2D eigenvalue weighted by Gasteiger charge is 2.54. The zero-order valence-corrected chi connectivity index (χ0v) is 17.1. The number of carbonyl (C=O) groups excluding carboxylic acids is 1. The Bertz CT molecular complexity index is 501. The van der Waals surface area contributed by atoms with Crippen LogP contribution in [0.15, 0.2) is 5.29 Å². The molecule has 11 nitrogen and oxygen atoms in total. The van der Waals surface area contributed by atoms with Gasteiger partial charge in [0.25, 0.3) is 0 Å². The number of rotatable bonds is 11. The Hall–Kier alpha value is -1.08. The van der Waals surface area contributed by atoms with Gasteiger partial charge in [-0.15, -0.1) is 16.5 Å². The third kappa shape index (κ3) is 6.21. The second kappa shape index (κ2) is 11.8. The zero-order chi connectivity index (χ0) is 21.3. The van der Waals surface area contributed by atoms with E-state index in [-0.39, 0.29) is 44.5 Å². The number of urea groups is 1. The molecule has 1 saturated heterocycles. The molecule has 0 saturated carbocycles. The number of nitrogens with zero attached hydrogens (tertiary/aromatic N) is 3. The van der Waals surface area contributed by atoms with E-state index in [0.29, 0.717) is 5.01 Å². The fourth-order valence-electron chi connectivity index (χ4n) is 2.70. The molecule has 1 fully saturated rings. The van der Waals surface area contributed by atoms with Gasteiger partial charge < -0.3 is 29.5 Å². The summed E-state index contributed by atoms with van der Waals surface area (Å²) in [6.45, 7) is 3.49. The van der Waals surface area contributed by atoms with Crippen LogP contribution in [-0.4, -0.2) is 101 Å². The van der Waals surface area contributed by atoms with Gasteiger partial charge in [-0.05, 0) is 12.3 Å². The lowest BCUT2D eigenvalue weighted by molar-refractivity contribution is -0.326. The molecule has 0 aromatic carbocycles. The standard InChI is InChI=1S/C16H30ClN3O8/c1-11(2)9-27-14-12(21)13(22)16(24,10-28-14)19(6-4-8-26-3)15(23)20(18-25)7-5-17/h11-14,21-22,24H,4-10H2,1-3H3/t12-,13-,14-,16-/m1/s1. The Balaban J connectivity index is 3.03. The van der Waals surface area contributed by atoms with Gasteiger partial charge in [0.2, 0.25) is 0 Å². The second-order valence-corrected chi connectivity index (χ2v) is 7.27. The molecule has 0 radical (unpaired) electrons. The van der Waals surface area contributed by atoms with Crippen LogP contribution in [0.2, 0.25) is 0 Å². The summed E-state index contributed by atoms with van der Waals surface area (Å²) in [6.07, 6.45) is -4.32. The summed E-state index contributed by atoms with van der Waals surface area (Å²) in [7, 11) is 1.46. The Morgan fingerprint density at radius 3 is 2.61 bits per heavy atom. The Kier molecular flexibility index (Phi) is 10.5. The topological polar surface area (TPSA) is 141 Å². The number of amides is 2. The number of halogens is 1. The van der Waals surface area contributed by atoms with Crippen LogP contribution < -0.4 is 0 Å². The van der Waals surface area contributed by atoms with Crippen molar-refractivity contribution in [1.82, 2.24) is 9.91 Å². The molecule has 0 unspecified atom stereocenters. The molecule has 1 rings (SSSR count). The molecule has 0 aliphatic carbocycles. The summed E-state index contributed by atoms with van der Waals surface area (Å²) in [5, 5.41) is 35.1. The third-order valence-corrected chi connectivity index (χ3v) is 4.34. The van der Waals surface area contributed by atoms with Gasteiger partial charge in [0.15, 0.2) is 12.0 Å². The van der Waals surface area contributed by atoms with Crippen LogP contribution in [-0.2, 0) is 14.2 Å². The molecule has 0 bridgehead atoms. The van der Waals surface area contributed by atoms with E-state index in [1.807, 2.05) is 13.8 Å². The molecule has 0 aromatic rings. The number of hydrogen-bond acceptors (Lipinski definition) is 9. The number of ether oxygens (including phenoxy) is 3. The van der Waals surface area contributed by atoms with Crippen LogP contribution in [0.25, 0.3) is 0 Å². The van der Waals surface area contributed by atoms with E-state index in [0.717, 1.165) is 4.90 Å². The number of aliphatic hydroxyl groups excluding tert-OH is 2. The summed E-state index contributed by atoms with van der Waals surface area (Å²) in [5.74, 6) is 0.0953. The average molecular weight is 428 g/mol. The lowest BCUT2D eigenvalue weighted by atomic mass is 9.96. The van der Waals surface area contributed by atoms with Gasteiger partial charge in [-0.25, -0.2) is 4.79 Å². The molecule has 1 aliphatic rings. The van der Waals surface area contributed by atoms with E-state index in [1.165, 1.54) is 7.11 Å².